The summed E-state index contributed by atoms with van der Waals surface area (Å²) in [6.45, 7) is 0. The first-order chi connectivity index (χ1) is 10.6. The molecule has 0 saturated carbocycles. The van der Waals surface area contributed by atoms with Crippen molar-refractivity contribution in [3.05, 3.63) is 65.7 Å². The van der Waals surface area contributed by atoms with Crippen molar-refractivity contribution in [3.8, 4) is 11.8 Å². The molecule has 0 aliphatic carbocycles. The Balaban J connectivity index is 2.12. The molecule has 0 radical (unpaired) electrons. The van der Waals surface area contributed by atoms with Crippen LogP contribution in [0.5, 0.6) is 0 Å². The molecule has 2 aromatic carbocycles. The second-order valence-corrected chi connectivity index (χ2v) is 4.60. The normalized spacial score (nSPS) is 9.45. The van der Waals surface area contributed by atoms with E-state index in [2.05, 4.69) is 17.2 Å². The van der Waals surface area contributed by atoms with E-state index in [-0.39, 0.29) is 18.7 Å². The smallest absolute Gasteiger partial charge is 0.303 e. The number of hydrogen-bond donors (Lipinski definition) is 2. The van der Waals surface area contributed by atoms with Gasteiger partial charge in [-0.05, 0) is 24.3 Å². The van der Waals surface area contributed by atoms with Gasteiger partial charge in [0.2, 0.25) is 5.91 Å². The van der Waals surface area contributed by atoms with Crippen LogP contribution < -0.4 is 5.32 Å². The van der Waals surface area contributed by atoms with Gasteiger partial charge in [-0.2, -0.15) is 0 Å². The molecular formula is C18H15NO3. The summed E-state index contributed by atoms with van der Waals surface area (Å²) in [4.78, 5) is 22.2. The van der Waals surface area contributed by atoms with Crippen molar-refractivity contribution in [3.63, 3.8) is 0 Å². The van der Waals surface area contributed by atoms with E-state index in [1.807, 2.05) is 42.5 Å². The van der Waals surface area contributed by atoms with Crippen molar-refractivity contribution in [2.45, 2.75) is 12.8 Å². The molecule has 0 spiro atoms. The number of hydrogen-bond acceptors (Lipinski definition) is 2. The van der Waals surface area contributed by atoms with E-state index in [1.165, 1.54) is 0 Å². The fourth-order valence-corrected chi connectivity index (χ4v) is 1.80. The summed E-state index contributed by atoms with van der Waals surface area (Å²) in [5.41, 5.74) is 2.16. The van der Waals surface area contributed by atoms with Gasteiger partial charge in [-0.15, -0.1) is 0 Å². The van der Waals surface area contributed by atoms with Gasteiger partial charge in [0.25, 0.3) is 0 Å². The number of carboxylic acids is 1. The maximum absolute atomic E-state index is 11.7. The lowest BCUT2D eigenvalue weighted by atomic mass is 10.1. The molecule has 110 valence electrons. The van der Waals surface area contributed by atoms with Crippen molar-refractivity contribution < 1.29 is 14.7 Å². The molecule has 4 heteroatoms. The topological polar surface area (TPSA) is 66.4 Å². The van der Waals surface area contributed by atoms with Crippen LogP contribution >= 0.6 is 0 Å². The number of rotatable bonds is 4. The molecular weight excluding hydrogens is 278 g/mol. The van der Waals surface area contributed by atoms with Crippen molar-refractivity contribution in [1.82, 2.24) is 0 Å². The Bertz CT molecular complexity index is 727. The lowest BCUT2D eigenvalue weighted by Gasteiger charge is -2.06. The third kappa shape index (κ3) is 4.80. The van der Waals surface area contributed by atoms with Crippen molar-refractivity contribution in [2.75, 3.05) is 5.32 Å². The van der Waals surface area contributed by atoms with Gasteiger partial charge in [-0.25, -0.2) is 0 Å². The van der Waals surface area contributed by atoms with E-state index in [0.29, 0.717) is 11.3 Å². The Labute approximate surface area is 128 Å². The molecule has 0 aromatic heterocycles. The van der Waals surface area contributed by atoms with Gasteiger partial charge < -0.3 is 10.4 Å². The SMILES string of the molecule is O=C(O)CCC(=O)Nc1ccccc1C#Cc1ccccc1. The Morgan fingerprint density at radius 2 is 1.59 bits per heavy atom. The third-order valence-corrected chi connectivity index (χ3v) is 2.88. The molecule has 2 N–H and O–H groups in total. The highest BCUT2D eigenvalue weighted by atomic mass is 16.4. The number of carboxylic acid groups (broad SMARTS) is 1. The second-order valence-electron chi connectivity index (χ2n) is 4.60. The predicted octanol–water partition coefficient (Wildman–Crippen LogP) is 2.89. The number of para-hydroxylation sites is 1. The largest absolute Gasteiger partial charge is 0.481 e. The first kappa shape index (κ1) is 15.3. The number of nitrogens with one attached hydrogen (secondary N) is 1. The molecule has 0 aliphatic rings. The highest BCUT2D eigenvalue weighted by Crippen LogP contribution is 2.14. The predicted molar refractivity (Wildman–Crippen MR) is 84.4 cm³/mol. The minimum absolute atomic E-state index is 0.0597. The van der Waals surface area contributed by atoms with Gasteiger partial charge >= 0.3 is 5.97 Å². The van der Waals surface area contributed by atoms with Crippen molar-refractivity contribution in [2.24, 2.45) is 0 Å². The molecule has 2 aromatic rings. The maximum atomic E-state index is 11.7. The van der Waals surface area contributed by atoms with Crippen LogP contribution in [-0.2, 0) is 9.59 Å². The lowest BCUT2D eigenvalue weighted by Crippen LogP contribution is -2.13. The van der Waals surface area contributed by atoms with E-state index in [4.69, 9.17) is 5.11 Å². The molecule has 0 unspecified atom stereocenters. The van der Waals surface area contributed by atoms with E-state index in [1.54, 1.807) is 12.1 Å². The van der Waals surface area contributed by atoms with Gasteiger partial charge in [0.15, 0.2) is 0 Å². The molecule has 0 bridgehead atoms. The highest BCUT2D eigenvalue weighted by molar-refractivity contribution is 5.93. The zero-order valence-electron chi connectivity index (χ0n) is 11.9. The number of carbonyl (C=O) groups excluding carboxylic acids is 1. The van der Waals surface area contributed by atoms with E-state index in [0.717, 1.165) is 5.56 Å². The summed E-state index contributed by atoms with van der Waals surface area (Å²) in [7, 11) is 0. The second kappa shape index (κ2) is 7.65. The highest BCUT2D eigenvalue weighted by Gasteiger charge is 2.07. The van der Waals surface area contributed by atoms with Crippen LogP contribution in [0.3, 0.4) is 0 Å². The van der Waals surface area contributed by atoms with Crippen LogP contribution in [0.1, 0.15) is 24.0 Å². The summed E-state index contributed by atoms with van der Waals surface area (Å²) in [6, 6.07) is 16.7. The summed E-state index contributed by atoms with van der Waals surface area (Å²) >= 11 is 0. The molecule has 4 nitrogen and oxygen atoms in total. The Morgan fingerprint density at radius 1 is 0.909 bits per heavy atom. The monoisotopic (exact) mass is 293 g/mol. The number of amides is 1. The van der Waals surface area contributed by atoms with Crippen molar-refractivity contribution >= 4 is 17.6 Å². The van der Waals surface area contributed by atoms with E-state index in [9.17, 15) is 9.59 Å². The Hall–Kier alpha value is -3.06. The lowest BCUT2D eigenvalue weighted by molar-refractivity contribution is -0.138. The average molecular weight is 293 g/mol. The average Bonchev–Trinajstić information content (AvgIpc) is 2.53. The molecule has 2 rings (SSSR count). The molecule has 22 heavy (non-hydrogen) atoms. The van der Waals surface area contributed by atoms with Crippen LogP contribution in [0.15, 0.2) is 54.6 Å². The number of anilines is 1. The van der Waals surface area contributed by atoms with Crippen LogP contribution in [0.4, 0.5) is 5.69 Å². The first-order valence-electron chi connectivity index (χ1n) is 6.83. The fraction of sp³-hybridized carbons (Fsp3) is 0.111. The van der Waals surface area contributed by atoms with E-state index < -0.39 is 5.97 Å². The standard InChI is InChI=1S/C18H15NO3/c20-17(12-13-18(21)22)19-16-9-5-4-8-15(16)11-10-14-6-2-1-3-7-14/h1-9H,12-13H2,(H,19,20)(H,21,22). The van der Waals surface area contributed by atoms with Crippen LogP contribution in [-0.4, -0.2) is 17.0 Å². The molecule has 0 aliphatic heterocycles. The van der Waals surface area contributed by atoms with Crippen LogP contribution in [0, 0.1) is 11.8 Å². The van der Waals surface area contributed by atoms with Gasteiger partial charge in [0.05, 0.1) is 12.1 Å². The van der Waals surface area contributed by atoms with E-state index >= 15 is 0 Å². The first-order valence-corrected chi connectivity index (χ1v) is 6.83. The zero-order valence-corrected chi connectivity index (χ0v) is 11.9. The number of aliphatic carboxylic acids is 1. The molecule has 1 amide bonds. The minimum atomic E-state index is -0.993. The van der Waals surface area contributed by atoms with Gasteiger partial charge in [0, 0.05) is 17.5 Å². The third-order valence-electron chi connectivity index (χ3n) is 2.88. The maximum Gasteiger partial charge on any atom is 0.303 e. The molecule has 0 fully saturated rings. The fourth-order valence-electron chi connectivity index (χ4n) is 1.80. The zero-order chi connectivity index (χ0) is 15.8. The Morgan fingerprint density at radius 3 is 2.32 bits per heavy atom. The molecule has 0 atom stereocenters. The number of carbonyl (C=O) groups is 2. The quantitative estimate of drug-likeness (QED) is 0.852. The minimum Gasteiger partial charge on any atom is -0.481 e. The van der Waals surface area contributed by atoms with Crippen molar-refractivity contribution in [1.29, 1.82) is 0 Å². The molecule has 0 heterocycles. The van der Waals surface area contributed by atoms with Gasteiger partial charge in [-0.3, -0.25) is 9.59 Å². The van der Waals surface area contributed by atoms with Gasteiger partial charge in [-0.1, -0.05) is 42.2 Å². The summed E-state index contributed by atoms with van der Waals surface area (Å²) in [6.07, 6.45) is -0.251. The Kier molecular flexibility index (Phi) is 5.33. The summed E-state index contributed by atoms with van der Waals surface area (Å²) in [5, 5.41) is 11.3. The summed E-state index contributed by atoms with van der Waals surface area (Å²) in [5.74, 6) is 4.72. The van der Waals surface area contributed by atoms with Crippen LogP contribution in [0.2, 0.25) is 0 Å². The van der Waals surface area contributed by atoms with Gasteiger partial charge in [0.1, 0.15) is 0 Å². The number of benzene rings is 2. The molecule has 0 saturated heterocycles. The van der Waals surface area contributed by atoms with Crippen LogP contribution in [0.25, 0.3) is 0 Å². The summed E-state index contributed by atoms with van der Waals surface area (Å²) < 4.78 is 0.